The summed E-state index contributed by atoms with van der Waals surface area (Å²) in [5, 5.41) is 46.5. The summed E-state index contributed by atoms with van der Waals surface area (Å²) in [6, 6.07) is 2.92. The van der Waals surface area contributed by atoms with Crippen molar-refractivity contribution in [2.45, 2.75) is 94.2 Å². The summed E-state index contributed by atoms with van der Waals surface area (Å²) in [6.07, 6.45) is 0.787. The van der Waals surface area contributed by atoms with Crippen LogP contribution in [0.15, 0.2) is 27.6 Å². The molecule has 0 spiro atoms. The highest BCUT2D eigenvalue weighted by molar-refractivity contribution is 5.67. The zero-order chi connectivity index (χ0) is 25.4. The van der Waals surface area contributed by atoms with Crippen molar-refractivity contribution in [2.75, 3.05) is 0 Å². The number of carbonyl (C=O) groups excluding carboxylic acids is 2. The minimum Gasteiger partial charge on any atom is -0.462 e. The van der Waals surface area contributed by atoms with Gasteiger partial charge in [-0.2, -0.15) is 0 Å². The topological polar surface area (TPSA) is 154 Å². The standard InChI is InChI=1S/C26H34O9/c1-14(28)35-16-9-20(30)25(13-27)17-5-7-23(2)22(15-3-4-21(31)34-12-15)19(29)11-26(23,33)18(17)6-8-24(25,32)10-16/h3-4,12-13,16-20,22,29-30,32-33H,5-11H2,1-2H3. The van der Waals surface area contributed by atoms with E-state index in [0.29, 0.717) is 31.1 Å². The molecule has 4 N–H and O–H groups in total. The number of aliphatic hydroxyl groups is 4. The number of aliphatic hydroxyl groups excluding tert-OH is 2. The van der Waals surface area contributed by atoms with Gasteiger partial charge in [0.25, 0.3) is 0 Å². The Hall–Kier alpha value is -2.07. The molecule has 1 heterocycles. The number of ether oxygens (including phenoxy) is 1. The zero-order valence-corrected chi connectivity index (χ0v) is 20.1. The normalized spacial score (nSPS) is 48.9. The highest BCUT2D eigenvalue weighted by Gasteiger charge is 2.74. The predicted octanol–water partition coefficient (Wildman–Crippen LogP) is 1.05. The Labute approximate surface area is 203 Å². The van der Waals surface area contributed by atoms with Gasteiger partial charge in [0.05, 0.1) is 35.1 Å². The second kappa shape index (κ2) is 7.96. The van der Waals surface area contributed by atoms with Crippen LogP contribution in [0.3, 0.4) is 0 Å². The molecular formula is C26H34O9. The van der Waals surface area contributed by atoms with E-state index in [2.05, 4.69) is 0 Å². The molecule has 1 aromatic heterocycles. The lowest BCUT2D eigenvalue weighted by molar-refractivity contribution is -0.273. The number of aldehydes is 1. The molecule has 4 aliphatic rings. The van der Waals surface area contributed by atoms with Crippen LogP contribution < -0.4 is 5.63 Å². The molecule has 4 aliphatic carbocycles. The first-order valence-corrected chi connectivity index (χ1v) is 12.4. The average molecular weight is 491 g/mol. The molecule has 0 radical (unpaired) electrons. The lowest BCUT2D eigenvalue weighted by Crippen LogP contribution is -2.72. The number of hydrogen-bond donors (Lipinski definition) is 4. The Balaban J connectivity index is 1.53. The van der Waals surface area contributed by atoms with Crippen LogP contribution in [0.2, 0.25) is 0 Å². The molecule has 1 aromatic rings. The Morgan fingerprint density at radius 3 is 2.49 bits per heavy atom. The van der Waals surface area contributed by atoms with E-state index in [1.54, 1.807) is 6.07 Å². The van der Waals surface area contributed by atoms with E-state index in [4.69, 9.17) is 9.15 Å². The molecule has 35 heavy (non-hydrogen) atoms. The molecule has 10 atom stereocenters. The van der Waals surface area contributed by atoms with Crippen molar-refractivity contribution in [2.24, 2.45) is 22.7 Å². The van der Waals surface area contributed by atoms with E-state index in [1.165, 1.54) is 19.3 Å². The molecule has 4 saturated carbocycles. The van der Waals surface area contributed by atoms with Crippen LogP contribution in [-0.2, 0) is 14.3 Å². The van der Waals surface area contributed by atoms with Crippen LogP contribution in [0.4, 0.5) is 0 Å². The van der Waals surface area contributed by atoms with Crippen molar-refractivity contribution >= 4 is 12.3 Å². The fourth-order valence-corrected chi connectivity index (χ4v) is 8.74. The second-order valence-corrected chi connectivity index (χ2v) is 11.5. The molecule has 9 nitrogen and oxygen atoms in total. The fourth-order valence-electron chi connectivity index (χ4n) is 8.74. The van der Waals surface area contributed by atoms with E-state index in [-0.39, 0.29) is 25.7 Å². The van der Waals surface area contributed by atoms with Crippen LogP contribution in [-0.4, -0.2) is 62.2 Å². The second-order valence-electron chi connectivity index (χ2n) is 11.5. The van der Waals surface area contributed by atoms with Gasteiger partial charge in [0, 0.05) is 43.6 Å². The summed E-state index contributed by atoms with van der Waals surface area (Å²) >= 11 is 0. The van der Waals surface area contributed by atoms with Gasteiger partial charge in [-0.25, -0.2) is 4.79 Å². The zero-order valence-electron chi connectivity index (χ0n) is 20.1. The first-order valence-electron chi connectivity index (χ1n) is 12.4. The predicted molar refractivity (Wildman–Crippen MR) is 121 cm³/mol. The van der Waals surface area contributed by atoms with E-state index in [0.717, 1.165) is 0 Å². The minimum absolute atomic E-state index is 0.0356. The third kappa shape index (κ3) is 3.17. The molecule has 10 unspecified atom stereocenters. The van der Waals surface area contributed by atoms with Gasteiger partial charge in [0.1, 0.15) is 12.4 Å². The molecule has 0 bridgehead atoms. The molecule has 0 aliphatic heterocycles. The van der Waals surface area contributed by atoms with E-state index in [9.17, 15) is 34.8 Å². The summed E-state index contributed by atoms with van der Waals surface area (Å²) in [4.78, 5) is 35.8. The number of hydrogen-bond acceptors (Lipinski definition) is 9. The molecule has 192 valence electrons. The van der Waals surface area contributed by atoms with Crippen LogP contribution in [0, 0.1) is 22.7 Å². The maximum atomic E-state index is 12.8. The van der Waals surface area contributed by atoms with Crippen LogP contribution in [0.1, 0.15) is 70.3 Å². The molecule has 9 heteroatoms. The summed E-state index contributed by atoms with van der Waals surface area (Å²) in [5.74, 6) is -1.94. The van der Waals surface area contributed by atoms with E-state index >= 15 is 0 Å². The third-order valence-corrected chi connectivity index (χ3v) is 10.2. The van der Waals surface area contributed by atoms with Crippen LogP contribution in [0.5, 0.6) is 0 Å². The summed E-state index contributed by atoms with van der Waals surface area (Å²) in [6.45, 7) is 3.20. The lowest BCUT2D eigenvalue weighted by atomic mass is 9.41. The number of carbonyl (C=O) groups is 2. The maximum Gasteiger partial charge on any atom is 0.335 e. The van der Waals surface area contributed by atoms with Gasteiger partial charge in [-0.15, -0.1) is 0 Å². The smallest absolute Gasteiger partial charge is 0.335 e. The Bertz CT molecular complexity index is 1060. The molecule has 0 amide bonds. The molecule has 4 fully saturated rings. The van der Waals surface area contributed by atoms with Gasteiger partial charge < -0.3 is 34.4 Å². The van der Waals surface area contributed by atoms with Crippen molar-refractivity contribution in [1.82, 2.24) is 0 Å². The highest BCUT2D eigenvalue weighted by atomic mass is 16.5. The summed E-state index contributed by atoms with van der Waals surface area (Å²) in [5.41, 5.74) is -5.08. The van der Waals surface area contributed by atoms with E-state index in [1.807, 2.05) is 6.92 Å². The summed E-state index contributed by atoms with van der Waals surface area (Å²) in [7, 11) is 0. The van der Waals surface area contributed by atoms with Gasteiger partial charge in [0.15, 0.2) is 0 Å². The fraction of sp³-hybridized carbons (Fsp3) is 0.731. The van der Waals surface area contributed by atoms with Gasteiger partial charge >= 0.3 is 11.6 Å². The number of fused-ring (bicyclic) bond motifs is 5. The van der Waals surface area contributed by atoms with Crippen LogP contribution in [0.25, 0.3) is 0 Å². The Morgan fingerprint density at radius 1 is 1.14 bits per heavy atom. The SMILES string of the molecule is CC(=O)OC1CC(O)C2(C=O)C3CCC4(C)C(c5ccc(=O)oc5)C(O)CC4(O)C3CCC2(O)C1. The maximum absolute atomic E-state index is 12.8. The van der Waals surface area contributed by atoms with Gasteiger partial charge in [0.2, 0.25) is 0 Å². The molecule has 0 aromatic carbocycles. The largest absolute Gasteiger partial charge is 0.462 e. The van der Waals surface area contributed by atoms with Crippen LogP contribution >= 0.6 is 0 Å². The molecule has 0 saturated heterocycles. The first-order chi connectivity index (χ1) is 16.4. The van der Waals surface area contributed by atoms with Crippen molar-refractivity contribution in [1.29, 1.82) is 0 Å². The van der Waals surface area contributed by atoms with Crippen molar-refractivity contribution in [3.63, 3.8) is 0 Å². The van der Waals surface area contributed by atoms with Gasteiger partial charge in [-0.05, 0) is 49.1 Å². The number of esters is 1. The molecular weight excluding hydrogens is 456 g/mol. The van der Waals surface area contributed by atoms with Crippen molar-refractivity contribution < 1.29 is 39.2 Å². The summed E-state index contributed by atoms with van der Waals surface area (Å²) < 4.78 is 10.4. The van der Waals surface area contributed by atoms with Gasteiger partial charge in [-0.3, -0.25) is 4.79 Å². The first kappa shape index (κ1) is 24.6. The quantitative estimate of drug-likeness (QED) is 0.359. The van der Waals surface area contributed by atoms with Crippen molar-refractivity contribution in [3.05, 3.63) is 34.4 Å². The number of rotatable bonds is 3. The Kier molecular flexibility index (Phi) is 5.60. The third-order valence-electron chi connectivity index (χ3n) is 10.2. The van der Waals surface area contributed by atoms with Gasteiger partial charge in [-0.1, -0.05) is 6.92 Å². The highest BCUT2D eigenvalue weighted by Crippen LogP contribution is 2.71. The molecule has 5 rings (SSSR count). The Morgan fingerprint density at radius 2 is 1.86 bits per heavy atom. The average Bonchev–Trinajstić information content (AvgIpc) is 2.98. The minimum atomic E-state index is -1.57. The monoisotopic (exact) mass is 490 g/mol. The van der Waals surface area contributed by atoms with Crippen molar-refractivity contribution in [3.8, 4) is 0 Å². The van der Waals surface area contributed by atoms with E-state index < -0.39 is 69.7 Å². The lowest BCUT2D eigenvalue weighted by Gasteiger charge is -2.66.